The number of non-ortho nitro benzene ring substituents is 1. The molecule has 9 nitrogen and oxygen atoms in total. The van der Waals surface area contributed by atoms with Gasteiger partial charge in [-0.15, -0.1) is 10.2 Å². The van der Waals surface area contributed by atoms with Crippen LogP contribution in [-0.4, -0.2) is 37.1 Å². The fraction of sp³-hybridized carbons (Fsp3) is 0.100. The molecule has 0 aliphatic heterocycles. The number of carbonyl (C=O) groups excluding carboxylic acids is 2. The minimum Gasteiger partial charge on any atom is -0.292 e. The number of hydrogen-bond donors (Lipinski definition) is 1. The van der Waals surface area contributed by atoms with Crippen LogP contribution in [0.3, 0.4) is 0 Å². The molecule has 0 aliphatic carbocycles. The van der Waals surface area contributed by atoms with E-state index in [1.54, 1.807) is 0 Å². The highest BCUT2D eigenvalue weighted by Crippen LogP contribution is 2.25. The number of aromatic nitrogens is 3. The molecule has 1 N–H and O–H groups in total. The van der Waals surface area contributed by atoms with Gasteiger partial charge in [-0.3, -0.25) is 29.4 Å². The van der Waals surface area contributed by atoms with Crippen molar-refractivity contribution in [3.05, 3.63) is 75.8 Å². The first-order valence-electron chi connectivity index (χ1n) is 8.89. The summed E-state index contributed by atoms with van der Waals surface area (Å²) in [4.78, 5) is 34.7. The zero-order valence-electron chi connectivity index (χ0n) is 15.7. The molecule has 2 heterocycles. The third-order valence-electron chi connectivity index (χ3n) is 4.48. The Morgan fingerprint density at radius 1 is 1.13 bits per heavy atom. The number of amides is 2. The molecule has 0 fully saturated rings. The topological polar surface area (TPSA) is 120 Å². The molecular formula is C20H15N5O4S. The smallest absolute Gasteiger partial charge is 0.270 e. The number of nitro benzene ring substituents is 1. The highest BCUT2D eigenvalue weighted by Gasteiger charge is 2.16. The van der Waals surface area contributed by atoms with E-state index in [0.717, 1.165) is 34.3 Å². The van der Waals surface area contributed by atoms with Crippen molar-refractivity contribution in [2.24, 2.45) is 0 Å². The molecule has 0 aliphatic rings. The van der Waals surface area contributed by atoms with Gasteiger partial charge in [-0.2, -0.15) is 0 Å². The third-order valence-corrected chi connectivity index (χ3v) is 5.41. The maximum atomic E-state index is 12.3. The molecule has 4 rings (SSSR count). The Morgan fingerprint density at radius 3 is 2.73 bits per heavy atom. The monoisotopic (exact) mass is 421 g/mol. The quantitative estimate of drug-likeness (QED) is 0.299. The van der Waals surface area contributed by atoms with E-state index >= 15 is 0 Å². The molecular weight excluding hydrogens is 406 g/mol. The first-order valence-corrected chi connectivity index (χ1v) is 9.87. The molecule has 10 heteroatoms. The van der Waals surface area contributed by atoms with E-state index in [0.29, 0.717) is 10.8 Å². The van der Waals surface area contributed by atoms with Gasteiger partial charge in [-0.05, 0) is 30.7 Å². The first kappa shape index (κ1) is 19.5. The maximum Gasteiger partial charge on any atom is 0.270 e. The number of hydrogen-bond acceptors (Lipinski definition) is 7. The molecule has 0 radical (unpaired) electrons. The number of carbonyl (C=O) groups is 2. The van der Waals surface area contributed by atoms with Gasteiger partial charge in [0.1, 0.15) is 0 Å². The number of imide groups is 1. The van der Waals surface area contributed by atoms with Crippen molar-refractivity contribution in [2.45, 2.75) is 12.1 Å². The minimum atomic E-state index is -0.698. The van der Waals surface area contributed by atoms with Gasteiger partial charge in [0, 0.05) is 23.1 Å². The second kappa shape index (κ2) is 7.91. The number of aryl methyl sites for hydroxylation is 1. The van der Waals surface area contributed by atoms with Crippen molar-refractivity contribution in [1.82, 2.24) is 19.9 Å². The summed E-state index contributed by atoms with van der Waals surface area (Å²) in [7, 11) is 0. The summed E-state index contributed by atoms with van der Waals surface area (Å²) < 4.78 is 1.86. The molecule has 150 valence electrons. The highest BCUT2D eigenvalue weighted by atomic mass is 32.2. The maximum absolute atomic E-state index is 12.3. The van der Waals surface area contributed by atoms with Crippen LogP contribution in [0.15, 0.2) is 59.8 Å². The Kier molecular flexibility index (Phi) is 5.15. The van der Waals surface area contributed by atoms with Crippen molar-refractivity contribution >= 4 is 45.8 Å². The zero-order valence-corrected chi connectivity index (χ0v) is 16.5. The molecule has 0 bridgehead atoms. The number of pyridine rings is 1. The number of nitro groups is 1. The predicted octanol–water partition coefficient (Wildman–Crippen LogP) is 3.15. The molecule has 0 saturated heterocycles. The van der Waals surface area contributed by atoms with Crippen molar-refractivity contribution in [1.29, 1.82) is 0 Å². The van der Waals surface area contributed by atoms with Crippen LogP contribution in [0.25, 0.3) is 16.6 Å². The lowest BCUT2D eigenvalue weighted by molar-refractivity contribution is -0.384. The van der Waals surface area contributed by atoms with E-state index in [2.05, 4.69) is 15.5 Å². The fourth-order valence-electron chi connectivity index (χ4n) is 3.09. The largest absolute Gasteiger partial charge is 0.292 e. The number of fused-ring (bicyclic) bond motifs is 3. The summed E-state index contributed by atoms with van der Waals surface area (Å²) in [5, 5.41) is 23.0. The number of nitrogens with one attached hydrogen (secondary N) is 1. The summed E-state index contributed by atoms with van der Waals surface area (Å²) in [6.07, 6.45) is 0. The van der Waals surface area contributed by atoms with Crippen LogP contribution in [0.1, 0.15) is 15.9 Å². The van der Waals surface area contributed by atoms with Gasteiger partial charge in [0.2, 0.25) is 5.91 Å². The van der Waals surface area contributed by atoms with Gasteiger partial charge in [-0.1, -0.05) is 36.0 Å². The van der Waals surface area contributed by atoms with Crippen molar-refractivity contribution in [2.75, 3.05) is 5.75 Å². The summed E-state index contributed by atoms with van der Waals surface area (Å²) in [6.45, 7) is 2.00. The van der Waals surface area contributed by atoms with E-state index in [4.69, 9.17) is 0 Å². The summed E-state index contributed by atoms with van der Waals surface area (Å²) in [5.41, 5.74) is 2.48. The molecule has 30 heavy (non-hydrogen) atoms. The lowest BCUT2D eigenvalue weighted by Crippen LogP contribution is -2.31. The van der Waals surface area contributed by atoms with Gasteiger partial charge in [-0.25, -0.2) is 0 Å². The second-order valence-electron chi connectivity index (χ2n) is 6.49. The van der Waals surface area contributed by atoms with Crippen LogP contribution < -0.4 is 5.32 Å². The summed E-state index contributed by atoms with van der Waals surface area (Å²) >= 11 is 1.15. The van der Waals surface area contributed by atoms with Crippen molar-refractivity contribution in [3.63, 3.8) is 0 Å². The van der Waals surface area contributed by atoms with E-state index in [-0.39, 0.29) is 17.0 Å². The summed E-state index contributed by atoms with van der Waals surface area (Å²) in [5.74, 6) is -1.30. The van der Waals surface area contributed by atoms with Crippen LogP contribution in [0, 0.1) is 17.0 Å². The van der Waals surface area contributed by atoms with Crippen LogP contribution in [0.4, 0.5) is 5.69 Å². The van der Waals surface area contributed by atoms with Crippen molar-refractivity contribution in [3.8, 4) is 0 Å². The average Bonchev–Trinajstić information content (AvgIpc) is 3.15. The molecule has 0 unspecified atom stereocenters. The van der Waals surface area contributed by atoms with Gasteiger partial charge in [0.25, 0.3) is 11.6 Å². The lowest BCUT2D eigenvalue weighted by Gasteiger charge is -2.07. The van der Waals surface area contributed by atoms with E-state index in [9.17, 15) is 19.7 Å². The zero-order chi connectivity index (χ0) is 21.3. The normalized spacial score (nSPS) is 11.0. The molecule has 4 aromatic rings. The van der Waals surface area contributed by atoms with Crippen molar-refractivity contribution < 1.29 is 14.5 Å². The standard InChI is InChI=1S/C20H15N5O4S/c1-12-9-17-22-23-20(24(17)16-8-3-2-7-15(12)16)30-11-18(26)21-19(27)13-5-4-6-14(10-13)25(28)29/h2-10H,11H2,1H3,(H,21,26,27). The van der Waals surface area contributed by atoms with Gasteiger partial charge in [0.05, 0.1) is 16.2 Å². The van der Waals surface area contributed by atoms with Gasteiger partial charge < -0.3 is 0 Å². The van der Waals surface area contributed by atoms with E-state index in [1.807, 2.05) is 41.7 Å². The van der Waals surface area contributed by atoms with E-state index in [1.165, 1.54) is 18.2 Å². The Bertz CT molecular complexity index is 1320. The Morgan fingerprint density at radius 2 is 1.93 bits per heavy atom. The van der Waals surface area contributed by atoms with Gasteiger partial charge in [0.15, 0.2) is 10.8 Å². The number of para-hydroxylation sites is 1. The van der Waals surface area contributed by atoms with Crippen LogP contribution >= 0.6 is 11.8 Å². The van der Waals surface area contributed by atoms with Gasteiger partial charge >= 0.3 is 0 Å². The fourth-order valence-corrected chi connectivity index (χ4v) is 3.85. The Hall–Kier alpha value is -3.79. The Balaban J connectivity index is 1.50. The molecule has 2 aromatic heterocycles. The second-order valence-corrected chi connectivity index (χ2v) is 7.44. The molecule has 0 spiro atoms. The predicted molar refractivity (Wildman–Crippen MR) is 112 cm³/mol. The lowest BCUT2D eigenvalue weighted by atomic mass is 10.1. The summed E-state index contributed by atoms with van der Waals surface area (Å²) in [6, 6.07) is 14.9. The molecule has 0 saturated carbocycles. The highest BCUT2D eigenvalue weighted by molar-refractivity contribution is 7.99. The van der Waals surface area contributed by atoms with Crippen LogP contribution in [-0.2, 0) is 4.79 Å². The van der Waals surface area contributed by atoms with E-state index < -0.39 is 16.7 Å². The number of thioether (sulfide) groups is 1. The first-order chi connectivity index (χ1) is 14.4. The number of nitrogens with zero attached hydrogens (tertiary/aromatic N) is 4. The van der Waals surface area contributed by atoms with Crippen LogP contribution in [0.2, 0.25) is 0 Å². The average molecular weight is 421 g/mol. The molecule has 0 atom stereocenters. The minimum absolute atomic E-state index is 0.0388. The number of rotatable bonds is 5. The third kappa shape index (κ3) is 3.72. The SMILES string of the molecule is Cc1cc2nnc(SCC(=O)NC(=O)c3cccc([N+](=O)[O-])c3)n2c2ccccc12. The number of benzene rings is 2. The van der Waals surface area contributed by atoms with Crippen LogP contribution in [0.5, 0.6) is 0 Å². The molecule has 2 aromatic carbocycles. The molecule has 2 amide bonds. The Labute approximate surface area is 174 Å².